The molecule has 0 bridgehead atoms. The summed E-state index contributed by atoms with van der Waals surface area (Å²) in [6, 6.07) is 4.30. The Bertz CT molecular complexity index is 609. The standard InChI is InChI=1S/C19H27ClN2O3/c1-14-5-2-3-7-22(14)8-4-6-21-18(23)13-15-11-16(20)19-17(12-15)24-9-10-25-19/h11-12,14H,2-10,13H2,1H3,(H,21,23). The van der Waals surface area contributed by atoms with E-state index in [2.05, 4.69) is 17.1 Å². The van der Waals surface area contributed by atoms with Gasteiger partial charge in [-0.1, -0.05) is 18.0 Å². The zero-order valence-corrected chi connectivity index (χ0v) is 15.6. The maximum atomic E-state index is 12.2. The Balaban J connectivity index is 1.42. The van der Waals surface area contributed by atoms with Crippen LogP contribution in [0.4, 0.5) is 0 Å². The van der Waals surface area contributed by atoms with Gasteiger partial charge in [0.1, 0.15) is 13.2 Å². The van der Waals surface area contributed by atoms with Crippen molar-refractivity contribution < 1.29 is 14.3 Å². The molecule has 0 saturated carbocycles. The highest BCUT2D eigenvalue weighted by Crippen LogP contribution is 2.38. The molecule has 1 aromatic rings. The second kappa shape index (κ2) is 8.77. The highest BCUT2D eigenvalue weighted by molar-refractivity contribution is 6.32. The van der Waals surface area contributed by atoms with Crippen molar-refractivity contribution in [2.75, 3.05) is 32.8 Å². The summed E-state index contributed by atoms with van der Waals surface area (Å²) in [6.07, 6.45) is 5.21. The molecule has 25 heavy (non-hydrogen) atoms. The number of carbonyl (C=O) groups is 1. The summed E-state index contributed by atoms with van der Waals surface area (Å²) in [6.45, 7) is 6.25. The fourth-order valence-corrected chi connectivity index (χ4v) is 3.80. The third kappa shape index (κ3) is 5.02. The monoisotopic (exact) mass is 366 g/mol. The molecule has 1 saturated heterocycles. The van der Waals surface area contributed by atoms with E-state index in [4.69, 9.17) is 21.1 Å². The highest BCUT2D eigenvalue weighted by Gasteiger charge is 2.19. The molecule has 0 aliphatic carbocycles. The molecule has 3 rings (SSSR count). The van der Waals surface area contributed by atoms with E-state index in [0.29, 0.717) is 48.7 Å². The smallest absolute Gasteiger partial charge is 0.224 e. The average molecular weight is 367 g/mol. The molecule has 2 heterocycles. The molecule has 138 valence electrons. The van der Waals surface area contributed by atoms with Crippen molar-refractivity contribution in [2.24, 2.45) is 0 Å². The third-order valence-corrected chi connectivity index (χ3v) is 5.19. The zero-order valence-electron chi connectivity index (χ0n) is 14.9. The first-order chi connectivity index (χ1) is 12.1. The van der Waals surface area contributed by atoms with Gasteiger partial charge < -0.3 is 19.7 Å². The van der Waals surface area contributed by atoms with Crippen LogP contribution >= 0.6 is 11.6 Å². The van der Waals surface area contributed by atoms with E-state index in [1.807, 2.05) is 6.07 Å². The van der Waals surface area contributed by atoms with Crippen molar-refractivity contribution in [3.63, 3.8) is 0 Å². The van der Waals surface area contributed by atoms with E-state index < -0.39 is 0 Å². The Labute approximate surface area is 154 Å². The van der Waals surface area contributed by atoms with Gasteiger partial charge in [-0.25, -0.2) is 0 Å². The highest BCUT2D eigenvalue weighted by atomic mass is 35.5. The topological polar surface area (TPSA) is 50.8 Å². The van der Waals surface area contributed by atoms with Crippen LogP contribution in [0.1, 0.15) is 38.2 Å². The lowest BCUT2D eigenvalue weighted by molar-refractivity contribution is -0.120. The van der Waals surface area contributed by atoms with Crippen LogP contribution in [0.2, 0.25) is 5.02 Å². The number of hydrogen-bond donors (Lipinski definition) is 1. The van der Waals surface area contributed by atoms with Gasteiger partial charge in [0.2, 0.25) is 5.91 Å². The molecule has 5 nitrogen and oxygen atoms in total. The average Bonchev–Trinajstić information content (AvgIpc) is 2.60. The van der Waals surface area contributed by atoms with Gasteiger partial charge in [-0.05, 0) is 50.4 Å². The summed E-state index contributed by atoms with van der Waals surface area (Å²) < 4.78 is 11.1. The van der Waals surface area contributed by atoms with Crippen molar-refractivity contribution in [3.05, 3.63) is 22.7 Å². The molecule has 0 spiro atoms. The van der Waals surface area contributed by atoms with Crippen molar-refractivity contribution in [3.8, 4) is 11.5 Å². The summed E-state index contributed by atoms with van der Waals surface area (Å²) in [5, 5.41) is 3.50. The van der Waals surface area contributed by atoms with Crippen LogP contribution in [0, 0.1) is 0 Å². The van der Waals surface area contributed by atoms with Crippen LogP contribution in [0.3, 0.4) is 0 Å². The Morgan fingerprint density at radius 2 is 2.16 bits per heavy atom. The molecule has 1 atom stereocenters. The largest absolute Gasteiger partial charge is 0.486 e. The molecule has 6 heteroatoms. The van der Waals surface area contributed by atoms with E-state index >= 15 is 0 Å². The van der Waals surface area contributed by atoms with E-state index in [1.54, 1.807) is 6.07 Å². The van der Waals surface area contributed by atoms with Crippen molar-refractivity contribution >= 4 is 17.5 Å². The molecule has 0 radical (unpaired) electrons. The summed E-state index contributed by atoms with van der Waals surface area (Å²) in [5.41, 5.74) is 0.844. The molecule has 2 aliphatic heterocycles. The van der Waals surface area contributed by atoms with Crippen molar-refractivity contribution in [2.45, 2.75) is 45.1 Å². The van der Waals surface area contributed by atoms with Gasteiger partial charge in [-0.3, -0.25) is 4.79 Å². The number of rotatable bonds is 6. The van der Waals surface area contributed by atoms with Gasteiger partial charge in [0.05, 0.1) is 11.4 Å². The van der Waals surface area contributed by atoms with Gasteiger partial charge in [0, 0.05) is 19.1 Å². The maximum absolute atomic E-state index is 12.2. The van der Waals surface area contributed by atoms with E-state index in [9.17, 15) is 4.79 Å². The van der Waals surface area contributed by atoms with Crippen LogP contribution in [0.15, 0.2) is 12.1 Å². The molecule has 1 fully saturated rings. The first kappa shape index (κ1) is 18.3. The molecule has 0 aromatic heterocycles. The predicted molar refractivity (Wildman–Crippen MR) is 98.7 cm³/mol. The third-order valence-electron chi connectivity index (χ3n) is 4.91. The van der Waals surface area contributed by atoms with E-state index in [0.717, 1.165) is 18.5 Å². The van der Waals surface area contributed by atoms with Gasteiger partial charge in [-0.15, -0.1) is 0 Å². The van der Waals surface area contributed by atoms with Gasteiger partial charge in [0.25, 0.3) is 0 Å². The minimum atomic E-state index is 0.0134. The molecule has 2 aliphatic rings. The van der Waals surface area contributed by atoms with Crippen LogP contribution in [-0.2, 0) is 11.2 Å². The second-order valence-corrected chi connectivity index (χ2v) is 7.27. The SMILES string of the molecule is CC1CCCCN1CCCNC(=O)Cc1cc(Cl)c2c(c1)OCCO2. The van der Waals surface area contributed by atoms with Crippen LogP contribution < -0.4 is 14.8 Å². The summed E-state index contributed by atoms with van der Waals surface area (Å²) >= 11 is 6.22. The number of halogens is 1. The number of fused-ring (bicyclic) bond motifs is 1. The number of likely N-dealkylation sites (tertiary alicyclic amines) is 1. The number of carbonyl (C=O) groups excluding carboxylic acids is 1. The minimum absolute atomic E-state index is 0.0134. The van der Waals surface area contributed by atoms with Crippen LogP contribution in [-0.4, -0.2) is 49.7 Å². The number of hydrogen-bond acceptors (Lipinski definition) is 4. The normalized spacial score (nSPS) is 20.3. The van der Waals surface area contributed by atoms with E-state index in [-0.39, 0.29) is 5.91 Å². The molecule has 1 aromatic carbocycles. The number of ether oxygens (including phenoxy) is 2. The lowest BCUT2D eigenvalue weighted by Crippen LogP contribution is -2.39. The maximum Gasteiger partial charge on any atom is 0.224 e. The second-order valence-electron chi connectivity index (χ2n) is 6.86. The quantitative estimate of drug-likeness (QED) is 0.786. The van der Waals surface area contributed by atoms with Crippen molar-refractivity contribution in [1.29, 1.82) is 0 Å². The molecule has 1 N–H and O–H groups in total. The molecular weight excluding hydrogens is 340 g/mol. The van der Waals surface area contributed by atoms with Gasteiger partial charge in [0.15, 0.2) is 11.5 Å². The molecule has 1 unspecified atom stereocenters. The first-order valence-corrected chi connectivity index (χ1v) is 9.60. The number of benzene rings is 1. The zero-order chi connectivity index (χ0) is 17.6. The van der Waals surface area contributed by atoms with Gasteiger partial charge in [-0.2, -0.15) is 0 Å². The fourth-order valence-electron chi connectivity index (χ4n) is 3.51. The van der Waals surface area contributed by atoms with Crippen LogP contribution in [0.25, 0.3) is 0 Å². The number of nitrogens with one attached hydrogen (secondary N) is 1. The van der Waals surface area contributed by atoms with Crippen molar-refractivity contribution in [1.82, 2.24) is 10.2 Å². The Hall–Kier alpha value is -1.46. The Morgan fingerprint density at radius 3 is 3.00 bits per heavy atom. The van der Waals surface area contributed by atoms with Crippen LogP contribution in [0.5, 0.6) is 11.5 Å². The fraction of sp³-hybridized carbons (Fsp3) is 0.632. The summed E-state index contributed by atoms with van der Waals surface area (Å²) in [5.74, 6) is 1.22. The minimum Gasteiger partial charge on any atom is -0.486 e. The lowest BCUT2D eigenvalue weighted by atomic mass is 10.0. The number of amides is 1. The Morgan fingerprint density at radius 1 is 1.32 bits per heavy atom. The van der Waals surface area contributed by atoms with Gasteiger partial charge >= 0.3 is 0 Å². The molecule has 1 amide bonds. The Kier molecular flexibility index (Phi) is 6.43. The summed E-state index contributed by atoms with van der Waals surface area (Å²) in [4.78, 5) is 14.7. The molecular formula is C19H27ClN2O3. The number of nitrogens with zero attached hydrogens (tertiary/aromatic N) is 1. The first-order valence-electron chi connectivity index (χ1n) is 9.22. The van der Waals surface area contributed by atoms with E-state index in [1.165, 1.54) is 25.8 Å². The summed E-state index contributed by atoms with van der Waals surface area (Å²) in [7, 11) is 0. The predicted octanol–water partition coefficient (Wildman–Crippen LogP) is 3.03. The number of piperidine rings is 1. The lowest BCUT2D eigenvalue weighted by Gasteiger charge is -2.33.